The minimum absolute atomic E-state index is 0.0475. The highest BCUT2D eigenvalue weighted by molar-refractivity contribution is 6.22. The molecule has 2 aromatic rings. The van der Waals surface area contributed by atoms with E-state index < -0.39 is 4.92 Å². The van der Waals surface area contributed by atoms with E-state index in [0.717, 1.165) is 16.7 Å². The summed E-state index contributed by atoms with van der Waals surface area (Å²) in [6.45, 7) is 1.78. The van der Waals surface area contributed by atoms with Gasteiger partial charge in [-0.15, -0.1) is 0 Å². The second-order valence-electron chi connectivity index (χ2n) is 4.71. The van der Waals surface area contributed by atoms with Crippen LogP contribution in [0.5, 0.6) is 0 Å². The second-order valence-corrected chi connectivity index (χ2v) is 4.71. The van der Waals surface area contributed by atoms with Crippen molar-refractivity contribution in [1.29, 1.82) is 0 Å². The van der Waals surface area contributed by atoms with Gasteiger partial charge in [-0.2, -0.15) is 0 Å². The number of benzene rings is 2. The average Bonchev–Trinajstić information content (AvgIpc) is 2.78. The zero-order valence-corrected chi connectivity index (χ0v) is 11.3. The first-order valence-electron chi connectivity index (χ1n) is 6.34. The molecule has 0 bridgehead atoms. The zero-order valence-electron chi connectivity index (χ0n) is 11.3. The number of amidine groups is 2. The van der Waals surface area contributed by atoms with Crippen LogP contribution in [-0.2, 0) is 0 Å². The molecule has 0 aliphatic carbocycles. The molecule has 0 fully saturated rings. The van der Waals surface area contributed by atoms with Crippen molar-refractivity contribution < 1.29 is 4.92 Å². The fourth-order valence-electron chi connectivity index (χ4n) is 2.21. The molecule has 2 N–H and O–H groups in total. The van der Waals surface area contributed by atoms with Crippen molar-refractivity contribution in [3.63, 3.8) is 0 Å². The number of aryl methyl sites for hydroxylation is 1. The highest BCUT2D eigenvalue weighted by Crippen LogP contribution is 2.26. The number of nitro groups is 1. The Kier molecular flexibility index (Phi) is 2.98. The molecule has 2 aromatic carbocycles. The van der Waals surface area contributed by atoms with E-state index in [-0.39, 0.29) is 5.69 Å². The number of nitro benzene ring substituents is 1. The fourth-order valence-corrected chi connectivity index (χ4v) is 2.21. The molecule has 0 aromatic heterocycles. The molecule has 1 aliphatic rings. The lowest BCUT2D eigenvalue weighted by molar-refractivity contribution is -0.384. The Morgan fingerprint density at radius 1 is 1.19 bits per heavy atom. The molecule has 0 unspecified atom stereocenters. The molecule has 0 amide bonds. The summed E-state index contributed by atoms with van der Waals surface area (Å²) in [6.07, 6.45) is 0. The fraction of sp³-hybridized carbons (Fsp3) is 0.0667. The van der Waals surface area contributed by atoms with Gasteiger partial charge in [-0.3, -0.25) is 10.1 Å². The standard InChI is InChI=1S/C15H12N4O2/c1-9-8-10(19(20)21)6-7-13(9)17-15-12-5-3-2-4-11(12)14(16)18-15/h2-8H,1H3,(H2,16,17,18). The molecule has 104 valence electrons. The summed E-state index contributed by atoms with van der Waals surface area (Å²) >= 11 is 0. The number of fused-ring (bicyclic) bond motifs is 1. The molecule has 1 aliphatic heterocycles. The quantitative estimate of drug-likeness (QED) is 0.676. The van der Waals surface area contributed by atoms with E-state index in [1.54, 1.807) is 13.0 Å². The third-order valence-electron chi connectivity index (χ3n) is 3.29. The summed E-state index contributed by atoms with van der Waals surface area (Å²) in [5.74, 6) is 0.962. The van der Waals surface area contributed by atoms with Gasteiger partial charge >= 0.3 is 0 Å². The minimum Gasteiger partial charge on any atom is -0.383 e. The van der Waals surface area contributed by atoms with Gasteiger partial charge in [0.2, 0.25) is 0 Å². The third kappa shape index (κ3) is 2.27. The van der Waals surface area contributed by atoms with Crippen molar-refractivity contribution in [2.24, 2.45) is 15.7 Å². The number of non-ortho nitro benzene ring substituents is 1. The number of nitrogens with two attached hydrogens (primary N) is 1. The van der Waals surface area contributed by atoms with Crippen molar-refractivity contribution in [1.82, 2.24) is 0 Å². The van der Waals surface area contributed by atoms with Gasteiger partial charge < -0.3 is 5.73 Å². The normalized spacial score (nSPS) is 14.9. The van der Waals surface area contributed by atoms with Crippen LogP contribution < -0.4 is 5.73 Å². The zero-order chi connectivity index (χ0) is 15.0. The van der Waals surface area contributed by atoms with Gasteiger partial charge in [0.05, 0.1) is 10.6 Å². The van der Waals surface area contributed by atoms with Crippen molar-refractivity contribution in [2.45, 2.75) is 6.92 Å². The number of nitrogens with zero attached hydrogens (tertiary/aromatic N) is 3. The third-order valence-corrected chi connectivity index (χ3v) is 3.29. The number of hydrogen-bond acceptors (Lipinski definition) is 4. The molecule has 6 nitrogen and oxygen atoms in total. The molecule has 3 rings (SSSR count). The summed E-state index contributed by atoms with van der Waals surface area (Å²) in [5.41, 5.74) is 9.01. The van der Waals surface area contributed by atoms with Crippen LogP contribution in [0.2, 0.25) is 0 Å². The van der Waals surface area contributed by atoms with Gasteiger partial charge in [0.1, 0.15) is 5.84 Å². The molecule has 0 spiro atoms. The van der Waals surface area contributed by atoms with Crippen molar-refractivity contribution in [3.8, 4) is 0 Å². The van der Waals surface area contributed by atoms with Gasteiger partial charge in [-0.1, -0.05) is 24.3 Å². The molecular weight excluding hydrogens is 268 g/mol. The van der Waals surface area contributed by atoms with Crippen LogP contribution in [0.15, 0.2) is 52.4 Å². The Balaban J connectivity index is 2.06. The molecule has 21 heavy (non-hydrogen) atoms. The first-order chi connectivity index (χ1) is 10.1. The lowest BCUT2D eigenvalue weighted by Gasteiger charge is -2.02. The van der Waals surface area contributed by atoms with Gasteiger partial charge in [-0.25, -0.2) is 9.98 Å². The Morgan fingerprint density at radius 2 is 1.90 bits per heavy atom. The van der Waals surface area contributed by atoms with Crippen molar-refractivity contribution in [3.05, 3.63) is 69.3 Å². The largest absolute Gasteiger partial charge is 0.383 e. The smallest absolute Gasteiger partial charge is 0.269 e. The Hall–Kier alpha value is -3.02. The molecular formula is C15H12N4O2. The summed E-state index contributed by atoms with van der Waals surface area (Å²) in [7, 11) is 0. The Labute approximate surface area is 120 Å². The van der Waals surface area contributed by atoms with Crippen LogP contribution in [0.3, 0.4) is 0 Å². The van der Waals surface area contributed by atoms with Crippen LogP contribution in [0.1, 0.15) is 16.7 Å². The van der Waals surface area contributed by atoms with Gasteiger partial charge in [0.25, 0.3) is 5.69 Å². The van der Waals surface area contributed by atoms with Crippen LogP contribution in [0.4, 0.5) is 11.4 Å². The predicted octanol–water partition coefficient (Wildman–Crippen LogP) is 2.70. The maximum atomic E-state index is 10.7. The topological polar surface area (TPSA) is 93.9 Å². The van der Waals surface area contributed by atoms with Gasteiger partial charge in [0.15, 0.2) is 5.84 Å². The molecule has 0 saturated heterocycles. The van der Waals surface area contributed by atoms with E-state index in [4.69, 9.17) is 5.73 Å². The number of aliphatic imine (C=N–C) groups is 2. The van der Waals surface area contributed by atoms with Crippen LogP contribution >= 0.6 is 0 Å². The Morgan fingerprint density at radius 3 is 2.57 bits per heavy atom. The highest BCUT2D eigenvalue weighted by Gasteiger charge is 2.19. The average molecular weight is 280 g/mol. The van der Waals surface area contributed by atoms with E-state index in [0.29, 0.717) is 17.4 Å². The summed E-state index contributed by atoms with van der Waals surface area (Å²) in [6, 6.07) is 12.1. The second kappa shape index (κ2) is 4.82. The highest BCUT2D eigenvalue weighted by atomic mass is 16.6. The Bertz CT molecular complexity index is 809. The molecule has 0 atom stereocenters. The number of hydrogen-bond donors (Lipinski definition) is 1. The predicted molar refractivity (Wildman–Crippen MR) is 81.2 cm³/mol. The monoisotopic (exact) mass is 280 g/mol. The summed E-state index contributed by atoms with van der Waals surface area (Å²) < 4.78 is 0. The number of rotatable bonds is 2. The van der Waals surface area contributed by atoms with E-state index in [1.807, 2.05) is 24.3 Å². The lowest BCUT2D eigenvalue weighted by atomic mass is 10.1. The maximum absolute atomic E-state index is 10.7. The first-order valence-corrected chi connectivity index (χ1v) is 6.34. The van der Waals surface area contributed by atoms with Crippen LogP contribution in [0, 0.1) is 17.0 Å². The summed E-state index contributed by atoms with van der Waals surface area (Å²) in [4.78, 5) is 19.1. The van der Waals surface area contributed by atoms with E-state index in [2.05, 4.69) is 9.98 Å². The van der Waals surface area contributed by atoms with Crippen LogP contribution in [0.25, 0.3) is 0 Å². The SMILES string of the molecule is Cc1cc([N+](=O)[O-])ccc1N=C1N=C(N)c2ccccc21. The molecule has 0 radical (unpaired) electrons. The maximum Gasteiger partial charge on any atom is 0.269 e. The van der Waals surface area contributed by atoms with E-state index in [1.165, 1.54) is 12.1 Å². The van der Waals surface area contributed by atoms with Crippen LogP contribution in [-0.4, -0.2) is 16.6 Å². The van der Waals surface area contributed by atoms with Gasteiger partial charge in [0, 0.05) is 23.3 Å². The van der Waals surface area contributed by atoms with Crippen molar-refractivity contribution in [2.75, 3.05) is 0 Å². The first kappa shape index (κ1) is 13.0. The molecule has 1 heterocycles. The molecule has 0 saturated carbocycles. The lowest BCUT2D eigenvalue weighted by Crippen LogP contribution is -2.09. The van der Waals surface area contributed by atoms with Crippen molar-refractivity contribution >= 4 is 23.0 Å². The van der Waals surface area contributed by atoms with E-state index in [9.17, 15) is 10.1 Å². The van der Waals surface area contributed by atoms with Gasteiger partial charge in [-0.05, 0) is 18.6 Å². The summed E-state index contributed by atoms with van der Waals surface area (Å²) in [5, 5.41) is 10.7. The molecule has 6 heteroatoms. The minimum atomic E-state index is -0.426. The van der Waals surface area contributed by atoms with E-state index >= 15 is 0 Å².